The number of halogens is 2. The van der Waals surface area contributed by atoms with Crippen LogP contribution in [0.2, 0.25) is 5.02 Å². The predicted octanol–water partition coefficient (Wildman–Crippen LogP) is 4.43. The molecule has 1 heterocycles. The van der Waals surface area contributed by atoms with E-state index in [0.717, 1.165) is 11.3 Å². The number of carbonyl (C=O) groups excluding carboxylic acids is 3. The van der Waals surface area contributed by atoms with Crippen molar-refractivity contribution in [2.75, 3.05) is 6.61 Å². The van der Waals surface area contributed by atoms with Crippen LogP contribution in [-0.2, 0) is 20.9 Å². The first kappa shape index (κ1) is 20.1. The highest BCUT2D eigenvalue weighted by molar-refractivity contribution is 6.55. The minimum atomic E-state index is -0.553. The zero-order chi connectivity index (χ0) is 20.3. The molecule has 0 aromatic heterocycles. The standard InChI is InChI=1S/C21H17Cl2NO4/c1-2-11-28-21(27)15-5-3-13(4-6-15)12-24-19(25)17(18(23)20(24)26)14-7-9-16(22)10-8-14/h3-10H,2,11-12H2,1H3. The second kappa shape index (κ2) is 8.59. The Labute approximate surface area is 172 Å². The minimum Gasteiger partial charge on any atom is -0.462 e. The second-order valence-electron chi connectivity index (χ2n) is 6.23. The highest BCUT2D eigenvalue weighted by Crippen LogP contribution is 2.33. The fourth-order valence-corrected chi connectivity index (χ4v) is 3.18. The van der Waals surface area contributed by atoms with Crippen molar-refractivity contribution < 1.29 is 19.1 Å². The predicted molar refractivity (Wildman–Crippen MR) is 107 cm³/mol. The summed E-state index contributed by atoms with van der Waals surface area (Å²) in [6.45, 7) is 2.32. The molecular formula is C21H17Cl2NO4. The van der Waals surface area contributed by atoms with Crippen molar-refractivity contribution in [1.82, 2.24) is 4.90 Å². The van der Waals surface area contributed by atoms with Crippen molar-refractivity contribution in [1.29, 1.82) is 0 Å². The molecule has 7 heteroatoms. The molecule has 0 bridgehead atoms. The summed E-state index contributed by atoms with van der Waals surface area (Å²) in [5.41, 5.74) is 1.79. The van der Waals surface area contributed by atoms with E-state index in [4.69, 9.17) is 27.9 Å². The lowest BCUT2D eigenvalue weighted by molar-refractivity contribution is -0.137. The van der Waals surface area contributed by atoms with E-state index in [-0.39, 0.29) is 17.2 Å². The monoisotopic (exact) mass is 417 g/mol. The van der Waals surface area contributed by atoms with Gasteiger partial charge in [-0.25, -0.2) is 4.79 Å². The molecule has 0 spiro atoms. The van der Waals surface area contributed by atoms with Gasteiger partial charge in [0.05, 0.1) is 24.3 Å². The normalized spacial score (nSPS) is 14.0. The first-order valence-corrected chi connectivity index (χ1v) is 9.46. The lowest BCUT2D eigenvalue weighted by atomic mass is 10.1. The Morgan fingerprint density at radius 2 is 1.61 bits per heavy atom. The first-order valence-electron chi connectivity index (χ1n) is 8.70. The van der Waals surface area contributed by atoms with Crippen LogP contribution in [0.1, 0.15) is 34.8 Å². The fourth-order valence-electron chi connectivity index (χ4n) is 2.76. The zero-order valence-corrected chi connectivity index (χ0v) is 16.6. The highest BCUT2D eigenvalue weighted by atomic mass is 35.5. The van der Waals surface area contributed by atoms with Crippen LogP contribution >= 0.6 is 23.2 Å². The number of carbonyl (C=O) groups is 3. The SMILES string of the molecule is CCCOC(=O)c1ccc(CN2C(=O)C(Cl)=C(c3ccc(Cl)cc3)C2=O)cc1. The fraction of sp³-hybridized carbons (Fsp3) is 0.190. The number of amides is 2. The molecule has 1 aliphatic heterocycles. The van der Waals surface area contributed by atoms with Gasteiger partial charge < -0.3 is 4.74 Å². The number of imide groups is 1. The molecule has 0 aliphatic carbocycles. The maximum Gasteiger partial charge on any atom is 0.338 e. The van der Waals surface area contributed by atoms with Crippen LogP contribution in [0.3, 0.4) is 0 Å². The van der Waals surface area contributed by atoms with Crippen molar-refractivity contribution in [3.63, 3.8) is 0 Å². The van der Waals surface area contributed by atoms with Crippen molar-refractivity contribution in [2.24, 2.45) is 0 Å². The molecule has 28 heavy (non-hydrogen) atoms. The van der Waals surface area contributed by atoms with Gasteiger partial charge in [0.1, 0.15) is 5.03 Å². The van der Waals surface area contributed by atoms with Crippen LogP contribution in [0.15, 0.2) is 53.6 Å². The smallest absolute Gasteiger partial charge is 0.338 e. The van der Waals surface area contributed by atoms with Crippen LogP contribution in [0.4, 0.5) is 0 Å². The first-order chi connectivity index (χ1) is 13.4. The summed E-state index contributed by atoms with van der Waals surface area (Å²) in [7, 11) is 0. The summed E-state index contributed by atoms with van der Waals surface area (Å²) < 4.78 is 5.08. The Hall–Kier alpha value is -2.63. The third kappa shape index (κ3) is 4.11. The molecule has 3 rings (SSSR count). The third-order valence-electron chi connectivity index (χ3n) is 4.21. The number of esters is 1. The molecule has 0 N–H and O–H groups in total. The largest absolute Gasteiger partial charge is 0.462 e. The Morgan fingerprint density at radius 1 is 0.964 bits per heavy atom. The van der Waals surface area contributed by atoms with Crippen LogP contribution < -0.4 is 0 Å². The number of benzene rings is 2. The summed E-state index contributed by atoms with van der Waals surface area (Å²) in [6.07, 6.45) is 0.743. The van der Waals surface area contributed by atoms with Gasteiger partial charge in [-0.3, -0.25) is 14.5 Å². The molecule has 0 saturated carbocycles. The molecule has 2 aromatic carbocycles. The second-order valence-corrected chi connectivity index (χ2v) is 7.04. The lowest BCUT2D eigenvalue weighted by Crippen LogP contribution is -2.30. The van der Waals surface area contributed by atoms with E-state index in [1.54, 1.807) is 48.5 Å². The van der Waals surface area contributed by atoms with E-state index >= 15 is 0 Å². The average Bonchev–Trinajstić information content (AvgIpc) is 2.91. The molecule has 0 radical (unpaired) electrons. The van der Waals surface area contributed by atoms with Gasteiger partial charge in [-0.15, -0.1) is 0 Å². The lowest BCUT2D eigenvalue weighted by Gasteiger charge is -2.15. The van der Waals surface area contributed by atoms with Gasteiger partial charge in [-0.1, -0.05) is 54.4 Å². The van der Waals surface area contributed by atoms with Crippen molar-refractivity contribution in [2.45, 2.75) is 19.9 Å². The molecule has 0 fully saturated rings. The molecule has 2 aromatic rings. The molecule has 144 valence electrons. The maximum atomic E-state index is 12.8. The van der Waals surface area contributed by atoms with Crippen molar-refractivity contribution in [3.8, 4) is 0 Å². The molecule has 0 saturated heterocycles. The van der Waals surface area contributed by atoms with Gasteiger partial charge in [0, 0.05) is 5.02 Å². The Morgan fingerprint density at radius 3 is 2.21 bits per heavy atom. The van der Waals surface area contributed by atoms with Crippen LogP contribution in [0, 0.1) is 0 Å². The van der Waals surface area contributed by atoms with Gasteiger partial charge in [0.25, 0.3) is 11.8 Å². The Bertz CT molecular complexity index is 949. The minimum absolute atomic E-state index is 0.0509. The number of rotatable bonds is 6. The number of hydrogen-bond acceptors (Lipinski definition) is 4. The van der Waals surface area contributed by atoms with E-state index in [9.17, 15) is 14.4 Å². The average molecular weight is 418 g/mol. The summed E-state index contributed by atoms with van der Waals surface area (Å²) in [5.74, 6) is -1.43. The molecule has 5 nitrogen and oxygen atoms in total. The quantitative estimate of drug-likeness (QED) is 0.515. The Kier molecular flexibility index (Phi) is 6.17. The highest BCUT2D eigenvalue weighted by Gasteiger charge is 2.38. The summed E-state index contributed by atoms with van der Waals surface area (Å²) in [5, 5.41) is 0.402. The van der Waals surface area contributed by atoms with E-state index in [1.165, 1.54) is 0 Å². The van der Waals surface area contributed by atoms with E-state index in [2.05, 4.69) is 0 Å². The van der Waals surface area contributed by atoms with E-state index in [0.29, 0.717) is 28.3 Å². The van der Waals surface area contributed by atoms with Crippen molar-refractivity contribution in [3.05, 3.63) is 75.3 Å². The number of ether oxygens (including phenoxy) is 1. The maximum absolute atomic E-state index is 12.8. The topological polar surface area (TPSA) is 63.7 Å². The molecule has 2 amide bonds. The van der Waals surface area contributed by atoms with Crippen molar-refractivity contribution >= 4 is 46.6 Å². The Balaban J connectivity index is 1.75. The van der Waals surface area contributed by atoms with Gasteiger partial charge in [-0.05, 0) is 41.8 Å². The summed E-state index contributed by atoms with van der Waals surface area (Å²) >= 11 is 12.0. The van der Waals surface area contributed by atoms with Gasteiger partial charge in [-0.2, -0.15) is 0 Å². The summed E-state index contributed by atoms with van der Waals surface area (Å²) in [4.78, 5) is 38.2. The van der Waals surface area contributed by atoms with Crippen LogP contribution in [0.25, 0.3) is 5.57 Å². The molecule has 0 unspecified atom stereocenters. The number of nitrogens with zero attached hydrogens (tertiary/aromatic N) is 1. The van der Waals surface area contributed by atoms with Gasteiger partial charge in [0.15, 0.2) is 0 Å². The molecule has 0 atom stereocenters. The van der Waals surface area contributed by atoms with E-state index < -0.39 is 17.8 Å². The van der Waals surface area contributed by atoms with Gasteiger partial charge in [0.2, 0.25) is 0 Å². The third-order valence-corrected chi connectivity index (χ3v) is 4.81. The molecule has 1 aliphatic rings. The number of hydrogen-bond donors (Lipinski definition) is 0. The summed E-state index contributed by atoms with van der Waals surface area (Å²) in [6, 6.07) is 13.1. The van der Waals surface area contributed by atoms with E-state index in [1.807, 2.05) is 6.92 Å². The van der Waals surface area contributed by atoms with Crippen LogP contribution in [0.5, 0.6) is 0 Å². The van der Waals surface area contributed by atoms with Crippen LogP contribution in [-0.4, -0.2) is 29.3 Å². The van der Waals surface area contributed by atoms with Gasteiger partial charge >= 0.3 is 5.97 Å². The zero-order valence-electron chi connectivity index (χ0n) is 15.1. The molecular weight excluding hydrogens is 401 g/mol.